The number of hydrogen-bond acceptors (Lipinski definition) is 5. The van der Waals surface area contributed by atoms with Crippen LogP contribution in [0.1, 0.15) is 19.8 Å². The molecule has 0 aromatic carbocycles. The van der Waals surface area contributed by atoms with Crippen molar-refractivity contribution in [1.82, 2.24) is 4.90 Å². The molecule has 6 heteroatoms. The van der Waals surface area contributed by atoms with E-state index in [0.717, 1.165) is 45.1 Å². The topological polar surface area (TPSA) is 40.2 Å². The van der Waals surface area contributed by atoms with Gasteiger partial charge in [-0.05, 0) is 26.3 Å². The van der Waals surface area contributed by atoms with Crippen LogP contribution in [0.15, 0.2) is 0 Å². The van der Waals surface area contributed by atoms with Crippen LogP contribution >= 0.6 is 0 Å². The van der Waals surface area contributed by atoms with Crippen LogP contribution in [-0.4, -0.2) is 67.4 Å². The van der Waals surface area contributed by atoms with Gasteiger partial charge in [0.1, 0.15) is 0 Å². The molecule has 1 aliphatic heterocycles. The van der Waals surface area contributed by atoms with Gasteiger partial charge in [-0.15, -0.1) is 0 Å². The molecule has 18 heavy (non-hydrogen) atoms. The van der Waals surface area contributed by atoms with Gasteiger partial charge in [0.05, 0.1) is 6.10 Å². The van der Waals surface area contributed by atoms with Crippen molar-refractivity contribution in [2.75, 3.05) is 47.6 Å². The van der Waals surface area contributed by atoms with Crippen LogP contribution in [0.2, 0.25) is 6.04 Å². The first-order chi connectivity index (χ1) is 8.65. The lowest BCUT2D eigenvalue weighted by Crippen LogP contribution is -2.51. The molecule has 1 unspecified atom stereocenters. The van der Waals surface area contributed by atoms with Crippen molar-refractivity contribution in [2.24, 2.45) is 0 Å². The van der Waals surface area contributed by atoms with Gasteiger partial charge in [-0.2, -0.15) is 0 Å². The van der Waals surface area contributed by atoms with Crippen molar-refractivity contribution in [3.8, 4) is 0 Å². The van der Waals surface area contributed by atoms with E-state index in [-0.39, 0.29) is 6.10 Å². The normalized spacial score (nSPS) is 25.7. The summed E-state index contributed by atoms with van der Waals surface area (Å²) in [6, 6.07) is 0.894. The Bertz CT molecular complexity index is 226. The van der Waals surface area contributed by atoms with E-state index < -0.39 is 8.80 Å². The van der Waals surface area contributed by atoms with Crippen LogP contribution in [0, 0.1) is 0 Å². The minimum Gasteiger partial charge on any atom is -0.385 e. The third kappa shape index (κ3) is 4.95. The summed E-state index contributed by atoms with van der Waals surface area (Å²) < 4.78 is 22.2. The second-order valence-electron chi connectivity index (χ2n) is 4.77. The minimum atomic E-state index is -2.40. The van der Waals surface area contributed by atoms with Crippen molar-refractivity contribution in [3.05, 3.63) is 0 Å². The highest BCUT2D eigenvalue weighted by Crippen LogP contribution is 2.21. The first-order valence-electron chi connectivity index (χ1n) is 6.65. The molecule has 0 N–H and O–H groups in total. The Hall–Kier alpha value is 0.0169. The highest BCUT2D eigenvalue weighted by Gasteiger charge is 2.41. The Balaban J connectivity index is 2.45. The first kappa shape index (κ1) is 16.1. The SMILES string of the molecule is COCCCN1CCC[Si](OC)(OC)OC(C)C1. The van der Waals surface area contributed by atoms with Gasteiger partial charge in [0, 0.05) is 47.1 Å². The zero-order valence-electron chi connectivity index (χ0n) is 12.1. The molecule has 0 amide bonds. The number of rotatable bonds is 6. The van der Waals surface area contributed by atoms with Crippen LogP contribution in [0.5, 0.6) is 0 Å². The van der Waals surface area contributed by atoms with Crippen molar-refractivity contribution in [3.63, 3.8) is 0 Å². The zero-order valence-corrected chi connectivity index (χ0v) is 13.1. The number of methoxy groups -OCH3 is 1. The van der Waals surface area contributed by atoms with Crippen LogP contribution < -0.4 is 0 Å². The van der Waals surface area contributed by atoms with Gasteiger partial charge in [-0.25, -0.2) is 0 Å². The maximum absolute atomic E-state index is 6.04. The summed E-state index contributed by atoms with van der Waals surface area (Å²) in [4.78, 5) is 2.44. The van der Waals surface area contributed by atoms with Crippen molar-refractivity contribution < 1.29 is 18.0 Å². The zero-order chi connectivity index (χ0) is 13.4. The van der Waals surface area contributed by atoms with E-state index in [1.807, 2.05) is 0 Å². The Labute approximate surface area is 112 Å². The molecule has 5 nitrogen and oxygen atoms in total. The van der Waals surface area contributed by atoms with E-state index in [9.17, 15) is 0 Å². The van der Waals surface area contributed by atoms with Crippen LogP contribution in [-0.2, 0) is 18.0 Å². The lowest BCUT2D eigenvalue weighted by molar-refractivity contribution is 0.0321. The minimum absolute atomic E-state index is 0.152. The fourth-order valence-electron chi connectivity index (χ4n) is 2.40. The first-order valence-corrected chi connectivity index (χ1v) is 8.58. The molecular weight excluding hydrogens is 250 g/mol. The standard InChI is InChI=1S/C12H27NO4Si/c1-12-11-13(7-5-9-14-2)8-6-10-18(15-3,16-4)17-12/h12H,5-11H2,1-4H3. The number of nitrogens with zero attached hydrogens (tertiary/aromatic N) is 1. The summed E-state index contributed by atoms with van der Waals surface area (Å²) in [7, 11) is 2.74. The van der Waals surface area contributed by atoms with Gasteiger partial charge in [0.15, 0.2) is 0 Å². The number of hydrogen-bond donors (Lipinski definition) is 0. The molecule has 0 aromatic rings. The maximum Gasteiger partial charge on any atom is 0.500 e. The molecule has 0 aliphatic carbocycles. The lowest BCUT2D eigenvalue weighted by Gasteiger charge is -2.35. The van der Waals surface area contributed by atoms with Crippen molar-refractivity contribution in [1.29, 1.82) is 0 Å². The second-order valence-corrected chi connectivity index (χ2v) is 7.69. The Kier molecular flexibility index (Phi) is 7.36. The number of ether oxygens (including phenoxy) is 1. The predicted molar refractivity (Wildman–Crippen MR) is 72.7 cm³/mol. The smallest absolute Gasteiger partial charge is 0.385 e. The molecular formula is C12H27NO4Si. The molecule has 0 spiro atoms. The molecule has 1 heterocycles. The molecule has 0 aromatic heterocycles. The molecule has 1 rings (SSSR count). The molecule has 0 bridgehead atoms. The summed E-state index contributed by atoms with van der Waals surface area (Å²) in [6.07, 6.45) is 2.29. The fraction of sp³-hybridized carbons (Fsp3) is 1.00. The van der Waals surface area contributed by atoms with Crippen molar-refractivity contribution in [2.45, 2.75) is 31.9 Å². The monoisotopic (exact) mass is 277 g/mol. The summed E-state index contributed by atoms with van der Waals surface area (Å²) in [6.45, 7) is 6.00. The van der Waals surface area contributed by atoms with Gasteiger partial charge < -0.3 is 22.9 Å². The molecule has 1 aliphatic rings. The van der Waals surface area contributed by atoms with Crippen LogP contribution in [0.4, 0.5) is 0 Å². The summed E-state index contributed by atoms with van der Waals surface area (Å²) in [5.41, 5.74) is 0. The lowest BCUT2D eigenvalue weighted by atomic mass is 10.3. The largest absolute Gasteiger partial charge is 0.500 e. The van der Waals surface area contributed by atoms with E-state index in [0.29, 0.717) is 0 Å². The van der Waals surface area contributed by atoms with E-state index in [4.69, 9.17) is 18.0 Å². The van der Waals surface area contributed by atoms with E-state index in [2.05, 4.69) is 11.8 Å². The Morgan fingerprint density at radius 3 is 2.61 bits per heavy atom. The second kappa shape index (κ2) is 8.24. The third-order valence-electron chi connectivity index (χ3n) is 3.30. The van der Waals surface area contributed by atoms with Gasteiger partial charge in [-0.3, -0.25) is 0 Å². The summed E-state index contributed by atoms with van der Waals surface area (Å²) in [5, 5.41) is 0. The Morgan fingerprint density at radius 1 is 1.28 bits per heavy atom. The van der Waals surface area contributed by atoms with Gasteiger partial charge in [0.2, 0.25) is 0 Å². The Morgan fingerprint density at radius 2 is 2.00 bits per heavy atom. The van der Waals surface area contributed by atoms with Crippen LogP contribution in [0.3, 0.4) is 0 Å². The summed E-state index contributed by atoms with van der Waals surface area (Å²) in [5.74, 6) is 0. The predicted octanol–water partition coefficient (Wildman–Crippen LogP) is 1.37. The highest BCUT2D eigenvalue weighted by molar-refractivity contribution is 6.60. The van der Waals surface area contributed by atoms with Crippen molar-refractivity contribution >= 4 is 8.80 Å². The van der Waals surface area contributed by atoms with Gasteiger partial charge >= 0.3 is 8.80 Å². The average molecular weight is 277 g/mol. The molecule has 108 valence electrons. The molecule has 1 fully saturated rings. The molecule has 0 radical (unpaired) electrons. The van der Waals surface area contributed by atoms with Crippen LogP contribution in [0.25, 0.3) is 0 Å². The fourth-order valence-corrected chi connectivity index (χ4v) is 4.56. The maximum atomic E-state index is 6.04. The van der Waals surface area contributed by atoms with E-state index >= 15 is 0 Å². The third-order valence-corrected chi connectivity index (χ3v) is 6.27. The van der Waals surface area contributed by atoms with Gasteiger partial charge in [-0.1, -0.05) is 0 Å². The van der Waals surface area contributed by atoms with E-state index in [1.165, 1.54) is 0 Å². The average Bonchev–Trinajstić information content (AvgIpc) is 2.35. The molecule has 0 saturated carbocycles. The summed E-state index contributed by atoms with van der Waals surface area (Å²) >= 11 is 0. The highest BCUT2D eigenvalue weighted by atomic mass is 28.4. The quantitative estimate of drug-likeness (QED) is 0.542. The van der Waals surface area contributed by atoms with Gasteiger partial charge in [0.25, 0.3) is 0 Å². The molecule has 1 atom stereocenters. The van der Waals surface area contributed by atoms with E-state index in [1.54, 1.807) is 21.3 Å². The molecule has 1 saturated heterocycles.